The summed E-state index contributed by atoms with van der Waals surface area (Å²) in [6.45, 7) is 13.5. The van der Waals surface area contributed by atoms with Crippen LogP contribution in [-0.4, -0.2) is 36.4 Å². The summed E-state index contributed by atoms with van der Waals surface area (Å²) < 4.78 is 13.2. The molecule has 0 aliphatic heterocycles. The highest BCUT2D eigenvalue weighted by Gasteiger charge is 2.35. The number of carbonyl (C=O) groups is 2. The average Bonchev–Trinajstić information content (AvgIpc) is 3.71. The summed E-state index contributed by atoms with van der Waals surface area (Å²) in [6.07, 6.45) is 12.9. The molecular formula is C37H46N2O4. The van der Waals surface area contributed by atoms with E-state index in [-0.39, 0.29) is 31.0 Å². The molecule has 6 heteroatoms. The SMILES string of the molecule is C=CC1CC(C=CC2CC(C=C)C(COC(=O)NCCOC(=O)C(C)C)C2)C(Cn2c3ccccc3c3ccccc32)C1. The van der Waals surface area contributed by atoms with Crippen molar-refractivity contribution in [3.05, 3.63) is 86.0 Å². The highest BCUT2D eigenvalue weighted by molar-refractivity contribution is 6.07. The molecule has 2 aromatic carbocycles. The number of ether oxygens (including phenoxy) is 2. The van der Waals surface area contributed by atoms with Crippen molar-refractivity contribution in [3.63, 3.8) is 0 Å². The second-order valence-corrected chi connectivity index (χ2v) is 12.7. The molecule has 228 valence electrons. The van der Waals surface area contributed by atoms with Crippen LogP contribution in [-0.2, 0) is 20.8 Å². The van der Waals surface area contributed by atoms with Crippen LogP contribution < -0.4 is 5.32 Å². The number of nitrogens with zero attached hydrogens (tertiary/aromatic N) is 1. The highest BCUT2D eigenvalue weighted by Crippen LogP contribution is 2.43. The molecule has 0 saturated heterocycles. The van der Waals surface area contributed by atoms with Crippen molar-refractivity contribution in [2.24, 2.45) is 41.4 Å². The largest absolute Gasteiger partial charge is 0.464 e. The molecule has 6 nitrogen and oxygen atoms in total. The van der Waals surface area contributed by atoms with Crippen molar-refractivity contribution in [2.45, 2.75) is 46.1 Å². The number of nitrogens with one attached hydrogen (secondary N) is 1. The van der Waals surface area contributed by atoms with Gasteiger partial charge >= 0.3 is 12.1 Å². The summed E-state index contributed by atoms with van der Waals surface area (Å²) in [7, 11) is 0. The lowest BCUT2D eigenvalue weighted by Gasteiger charge is -2.19. The zero-order chi connectivity index (χ0) is 30.3. The number of rotatable bonds is 12. The van der Waals surface area contributed by atoms with Gasteiger partial charge in [-0.3, -0.25) is 4.79 Å². The van der Waals surface area contributed by atoms with Crippen LogP contribution in [0.25, 0.3) is 21.8 Å². The molecule has 6 unspecified atom stereocenters. The second kappa shape index (κ2) is 14.1. The van der Waals surface area contributed by atoms with E-state index in [1.807, 2.05) is 6.08 Å². The van der Waals surface area contributed by atoms with Gasteiger partial charge in [-0.1, -0.05) is 74.5 Å². The Morgan fingerprint density at radius 3 is 2.16 bits per heavy atom. The number of allylic oxidation sites excluding steroid dienone is 4. The molecule has 0 radical (unpaired) electrons. The van der Waals surface area contributed by atoms with Gasteiger partial charge in [-0.15, -0.1) is 13.2 Å². The fraction of sp³-hybridized carbons (Fsp3) is 0.459. The van der Waals surface area contributed by atoms with E-state index in [1.54, 1.807) is 13.8 Å². The number of alkyl carbamates (subject to hydrolysis) is 1. The predicted molar refractivity (Wildman–Crippen MR) is 174 cm³/mol. The number of carbonyl (C=O) groups excluding carboxylic acids is 2. The number of amides is 1. The van der Waals surface area contributed by atoms with Crippen LogP contribution in [0.3, 0.4) is 0 Å². The van der Waals surface area contributed by atoms with Crippen LogP contribution in [0.5, 0.6) is 0 Å². The topological polar surface area (TPSA) is 69.6 Å². The first-order chi connectivity index (χ1) is 20.9. The van der Waals surface area contributed by atoms with E-state index < -0.39 is 6.09 Å². The van der Waals surface area contributed by atoms with Gasteiger partial charge in [0.2, 0.25) is 0 Å². The summed E-state index contributed by atoms with van der Waals surface area (Å²) in [4.78, 5) is 23.8. The van der Waals surface area contributed by atoms with Crippen LogP contribution in [0.2, 0.25) is 0 Å². The van der Waals surface area contributed by atoms with Crippen molar-refractivity contribution >= 4 is 33.9 Å². The minimum absolute atomic E-state index is 0.142. The van der Waals surface area contributed by atoms with Crippen molar-refractivity contribution in [3.8, 4) is 0 Å². The zero-order valence-corrected chi connectivity index (χ0v) is 25.6. The summed E-state index contributed by atoms with van der Waals surface area (Å²) in [5, 5.41) is 5.31. The smallest absolute Gasteiger partial charge is 0.407 e. The van der Waals surface area contributed by atoms with E-state index in [1.165, 1.54) is 21.8 Å². The first-order valence-corrected chi connectivity index (χ1v) is 15.8. The minimum Gasteiger partial charge on any atom is -0.464 e. The molecule has 1 amide bonds. The molecule has 0 bridgehead atoms. The number of benzene rings is 2. The molecule has 1 heterocycles. The Bertz CT molecular complexity index is 1420. The van der Waals surface area contributed by atoms with Crippen molar-refractivity contribution < 1.29 is 19.1 Å². The maximum absolute atomic E-state index is 12.2. The number of fused-ring (bicyclic) bond motifs is 3. The Morgan fingerprint density at radius 2 is 1.51 bits per heavy atom. The van der Waals surface area contributed by atoms with Crippen molar-refractivity contribution in [2.75, 3.05) is 19.8 Å². The van der Waals surface area contributed by atoms with Gasteiger partial charge in [-0.25, -0.2) is 4.79 Å². The van der Waals surface area contributed by atoms with E-state index in [0.29, 0.717) is 36.2 Å². The molecule has 5 rings (SSSR count). The van der Waals surface area contributed by atoms with Crippen molar-refractivity contribution in [1.82, 2.24) is 9.88 Å². The third-order valence-electron chi connectivity index (χ3n) is 9.45. The average molecular weight is 583 g/mol. The van der Waals surface area contributed by atoms with Gasteiger partial charge in [0, 0.05) is 34.3 Å². The second-order valence-electron chi connectivity index (χ2n) is 12.7. The monoisotopic (exact) mass is 582 g/mol. The summed E-state index contributed by atoms with van der Waals surface area (Å²) in [5.41, 5.74) is 2.61. The van der Waals surface area contributed by atoms with Gasteiger partial charge in [0.1, 0.15) is 6.61 Å². The van der Waals surface area contributed by atoms with Crippen LogP contribution in [0.1, 0.15) is 39.5 Å². The van der Waals surface area contributed by atoms with Gasteiger partial charge in [-0.2, -0.15) is 0 Å². The predicted octanol–water partition coefficient (Wildman–Crippen LogP) is 7.93. The third kappa shape index (κ3) is 7.23. The van der Waals surface area contributed by atoms with Crippen LogP contribution in [0, 0.1) is 41.4 Å². The van der Waals surface area contributed by atoms with E-state index in [0.717, 1.165) is 32.2 Å². The Balaban J connectivity index is 1.18. The normalized spacial score (nSPS) is 25.5. The molecular weight excluding hydrogens is 536 g/mol. The van der Waals surface area contributed by atoms with E-state index in [4.69, 9.17) is 9.47 Å². The minimum atomic E-state index is -0.475. The lowest BCUT2D eigenvalue weighted by molar-refractivity contribution is -0.147. The fourth-order valence-corrected chi connectivity index (χ4v) is 7.12. The maximum atomic E-state index is 12.2. The Morgan fingerprint density at radius 1 is 0.860 bits per heavy atom. The molecule has 0 spiro atoms. The van der Waals surface area contributed by atoms with Gasteiger partial charge in [0.15, 0.2) is 0 Å². The number of hydrogen-bond donors (Lipinski definition) is 1. The van der Waals surface area contributed by atoms with Gasteiger partial charge < -0.3 is 19.4 Å². The van der Waals surface area contributed by atoms with Crippen LogP contribution >= 0.6 is 0 Å². The first-order valence-electron chi connectivity index (χ1n) is 15.8. The molecule has 2 aliphatic carbocycles. The maximum Gasteiger partial charge on any atom is 0.407 e. The lowest BCUT2D eigenvalue weighted by Crippen LogP contribution is -2.30. The molecule has 3 aromatic rings. The number of aromatic nitrogens is 1. The molecule has 2 saturated carbocycles. The quantitative estimate of drug-likeness (QED) is 0.134. The molecule has 43 heavy (non-hydrogen) atoms. The standard InChI is InChI=1S/C37H46N2O4/c1-5-26-19-29(30(20-26)23-39-34-13-9-7-11-32(34)33-12-8-10-14-35(33)39)16-15-27-21-28(6-2)31(22-27)24-43-37(41)38-17-18-42-36(40)25(3)4/h5-16,25-31H,1-2,17-24H2,3-4H3,(H,38,41). The zero-order valence-electron chi connectivity index (χ0n) is 25.6. The highest BCUT2D eigenvalue weighted by atomic mass is 16.6. The van der Waals surface area contributed by atoms with Gasteiger partial charge in [-0.05, 0) is 67.4 Å². The van der Waals surface area contributed by atoms with Crippen LogP contribution in [0.4, 0.5) is 4.79 Å². The van der Waals surface area contributed by atoms with Gasteiger partial charge in [0.25, 0.3) is 0 Å². The Labute approximate surface area is 255 Å². The fourth-order valence-electron chi connectivity index (χ4n) is 7.12. The van der Waals surface area contributed by atoms with Crippen LogP contribution in [0.15, 0.2) is 86.0 Å². The number of para-hydroxylation sites is 2. The lowest BCUT2D eigenvalue weighted by atomic mass is 9.93. The van der Waals surface area contributed by atoms with Gasteiger partial charge in [0.05, 0.1) is 19.1 Å². The number of esters is 1. The van der Waals surface area contributed by atoms with E-state index >= 15 is 0 Å². The van der Waals surface area contributed by atoms with Crippen molar-refractivity contribution in [1.29, 1.82) is 0 Å². The van der Waals surface area contributed by atoms with E-state index in [9.17, 15) is 9.59 Å². The molecule has 6 atom stereocenters. The first kappa shape index (κ1) is 30.7. The summed E-state index contributed by atoms with van der Waals surface area (Å²) >= 11 is 0. The number of hydrogen-bond acceptors (Lipinski definition) is 4. The molecule has 1 aromatic heterocycles. The van der Waals surface area contributed by atoms with E-state index in [2.05, 4.69) is 89.8 Å². The molecule has 2 fully saturated rings. The Hall–Kier alpha value is -3.80. The third-order valence-corrected chi connectivity index (χ3v) is 9.45. The summed E-state index contributed by atoms with van der Waals surface area (Å²) in [6, 6.07) is 17.5. The Kier molecular flexibility index (Phi) is 10.1. The summed E-state index contributed by atoms with van der Waals surface area (Å²) in [5.74, 6) is 2.10. The molecule has 1 N–H and O–H groups in total. The molecule has 2 aliphatic rings.